The van der Waals surface area contributed by atoms with Crippen molar-refractivity contribution in [2.45, 2.75) is 18.6 Å². The normalized spacial score (nSPS) is 14.4. The standard InChI is InChI=1S/C11H17BrN2OS/c1-8(16(2)15)5-6-14-11-4-3-9(12)7-10(11)13/h3-4,7-8,14H,5-6,13H2,1-2H3. The summed E-state index contributed by atoms with van der Waals surface area (Å²) in [7, 11) is -0.756. The molecule has 2 atom stereocenters. The smallest absolute Gasteiger partial charge is 0.0574 e. The Bertz CT molecular complexity index is 384. The number of halogens is 1. The van der Waals surface area contributed by atoms with Gasteiger partial charge in [-0.2, -0.15) is 0 Å². The summed E-state index contributed by atoms with van der Waals surface area (Å²) >= 11 is 3.36. The fourth-order valence-electron chi connectivity index (χ4n) is 1.27. The highest BCUT2D eigenvalue weighted by Crippen LogP contribution is 2.22. The van der Waals surface area contributed by atoms with E-state index >= 15 is 0 Å². The zero-order chi connectivity index (χ0) is 12.1. The van der Waals surface area contributed by atoms with Crippen LogP contribution in [0.2, 0.25) is 0 Å². The Morgan fingerprint density at radius 3 is 2.81 bits per heavy atom. The van der Waals surface area contributed by atoms with Crippen LogP contribution in [0.25, 0.3) is 0 Å². The summed E-state index contributed by atoms with van der Waals surface area (Å²) in [4.78, 5) is 0. The lowest BCUT2D eigenvalue weighted by Gasteiger charge is -2.12. The second-order valence-electron chi connectivity index (χ2n) is 3.76. The molecule has 90 valence electrons. The fourth-order valence-corrected chi connectivity index (χ4v) is 2.10. The van der Waals surface area contributed by atoms with E-state index in [9.17, 15) is 4.21 Å². The fraction of sp³-hybridized carbons (Fsp3) is 0.455. The van der Waals surface area contributed by atoms with Gasteiger partial charge in [-0.25, -0.2) is 0 Å². The topological polar surface area (TPSA) is 55.1 Å². The lowest BCUT2D eigenvalue weighted by atomic mass is 10.2. The molecule has 0 spiro atoms. The number of rotatable bonds is 5. The van der Waals surface area contributed by atoms with Crippen molar-refractivity contribution in [1.82, 2.24) is 0 Å². The highest BCUT2D eigenvalue weighted by atomic mass is 79.9. The number of nitrogens with two attached hydrogens (primary N) is 1. The minimum absolute atomic E-state index is 0.212. The van der Waals surface area contributed by atoms with Gasteiger partial charge in [-0.05, 0) is 24.6 Å². The van der Waals surface area contributed by atoms with E-state index in [1.807, 2.05) is 25.1 Å². The van der Waals surface area contributed by atoms with Crippen molar-refractivity contribution in [3.63, 3.8) is 0 Å². The first-order valence-electron chi connectivity index (χ1n) is 5.12. The van der Waals surface area contributed by atoms with Crippen molar-refractivity contribution in [1.29, 1.82) is 0 Å². The number of hydrogen-bond acceptors (Lipinski definition) is 3. The van der Waals surface area contributed by atoms with Gasteiger partial charge >= 0.3 is 0 Å². The van der Waals surface area contributed by atoms with E-state index in [1.165, 1.54) is 0 Å². The maximum Gasteiger partial charge on any atom is 0.0574 e. The predicted octanol–water partition coefficient (Wildman–Crippen LogP) is 2.60. The molecule has 0 aliphatic carbocycles. The van der Waals surface area contributed by atoms with E-state index in [4.69, 9.17) is 5.73 Å². The summed E-state index contributed by atoms with van der Waals surface area (Å²) in [5.41, 5.74) is 7.50. The van der Waals surface area contributed by atoms with Gasteiger partial charge in [0.25, 0.3) is 0 Å². The Morgan fingerprint density at radius 2 is 2.25 bits per heavy atom. The van der Waals surface area contributed by atoms with Crippen molar-refractivity contribution in [3.05, 3.63) is 22.7 Å². The van der Waals surface area contributed by atoms with Crippen LogP contribution in [0.4, 0.5) is 11.4 Å². The molecule has 5 heteroatoms. The summed E-state index contributed by atoms with van der Waals surface area (Å²) in [5.74, 6) is 0. The summed E-state index contributed by atoms with van der Waals surface area (Å²) in [5, 5.41) is 3.46. The minimum Gasteiger partial charge on any atom is -0.397 e. The number of hydrogen-bond donors (Lipinski definition) is 2. The first-order valence-corrected chi connectivity index (χ1v) is 7.53. The van der Waals surface area contributed by atoms with E-state index in [-0.39, 0.29) is 5.25 Å². The molecule has 16 heavy (non-hydrogen) atoms. The van der Waals surface area contributed by atoms with Gasteiger partial charge in [-0.1, -0.05) is 22.9 Å². The Hall–Kier alpha value is -0.550. The number of anilines is 2. The quantitative estimate of drug-likeness (QED) is 0.822. The Morgan fingerprint density at radius 1 is 1.56 bits per heavy atom. The van der Waals surface area contributed by atoms with Crippen LogP contribution >= 0.6 is 15.9 Å². The molecular weight excluding hydrogens is 288 g/mol. The molecule has 0 saturated heterocycles. The molecular formula is C11H17BrN2OS. The van der Waals surface area contributed by atoms with E-state index in [2.05, 4.69) is 21.2 Å². The van der Waals surface area contributed by atoms with Crippen LogP contribution in [0.1, 0.15) is 13.3 Å². The summed E-state index contributed by atoms with van der Waals surface area (Å²) in [6, 6.07) is 5.75. The maximum absolute atomic E-state index is 11.2. The van der Waals surface area contributed by atoms with Crippen LogP contribution in [-0.4, -0.2) is 22.3 Å². The molecule has 1 aromatic rings. The van der Waals surface area contributed by atoms with Crippen molar-refractivity contribution in [2.24, 2.45) is 0 Å². The van der Waals surface area contributed by atoms with Gasteiger partial charge in [-0.15, -0.1) is 0 Å². The van der Waals surface area contributed by atoms with Gasteiger partial charge in [0.05, 0.1) is 11.4 Å². The summed E-state index contributed by atoms with van der Waals surface area (Å²) in [6.07, 6.45) is 2.61. The zero-order valence-electron chi connectivity index (χ0n) is 9.50. The van der Waals surface area contributed by atoms with Crippen molar-refractivity contribution < 1.29 is 4.21 Å². The second kappa shape index (κ2) is 6.25. The molecule has 0 amide bonds. The highest BCUT2D eigenvalue weighted by Gasteiger charge is 2.06. The zero-order valence-corrected chi connectivity index (χ0v) is 11.9. The van der Waals surface area contributed by atoms with E-state index in [0.29, 0.717) is 0 Å². The third kappa shape index (κ3) is 4.14. The molecule has 1 rings (SSSR count). The molecule has 3 nitrogen and oxygen atoms in total. The van der Waals surface area contributed by atoms with E-state index in [1.54, 1.807) is 6.26 Å². The Labute approximate surface area is 107 Å². The van der Waals surface area contributed by atoms with Crippen molar-refractivity contribution >= 4 is 38.1 Å². The predicted molar refractivity (Wildman–Crippen MR) is 75.2 cm³/mol. The van der Waals surface area contributed by atoms with Crippen LogP contribution in [0.3, 0.4) is 0 Å². The van der Waals surface area contributed by atoms with Crippen molar-refractivity contribution in [3.8, 4) is 0 Å². The molecule has 1 aromatic carbocycles. The van der Waals surface area contributed by atoms with E-state index < -0.39 is 10.8 Å². The Kier molecular flexibility index (Phi) is 5.28. The van der Waals surface area contributed by atoms with Crippen LogP contribution in [0.15, 0.2) is 22.7 Å². The number of nitrogen functional groups attached to an aromatic ring is 1. The maximum atomic E-state index is 11.2. The molecule has 0 aliphatic rings. The van der Waals surface area contributed by atoms with Gasteiger partial charge < -0.3 is 11.1 Å². The summed E-state index contributed by atoms with van der Waals surface area (Å²) < 4.78 is 12.1. The first kappa shape index (κ1) is 13.5. The van der Waals surface area contributed by atoms with E-state index in [0.717, 1.165) is 28.8 Å². The minimum atomic E-state index is -0.756. The van der Waals surface area contributed by atoms with Gasteiger partial charge in [0, 0.05) is 33.3 Å². The molecule has 0 bridgehead atoms. The average molecular weight is 305 g/mol. The third-order valence-corrected chi connectivity index (χ3v) is 4.31. The number of nitrogens with one attached hydrogen (secondary N) is 1. The molecule has 0 aliphatic heterocycles. The van der Waals surface area contributed by atoms with Crippen LogP contribution in [0.5, 0.6) is 0 Å². The van der Waals surface area contributed by atoms with Crippen LogP contribution in [0, 0.1) is 0 Å². The molecule has 0 saturated carbocycles. The van der Waals surface area contributed by atoms with Crippen molar-refractivity contribution in [2.75, 3.05) is 23.9 Å². The Balaban J connectivity index is 2.46. The van der Waals surface area contributed by atoms with Gasteiger partial charge in [0.15, 0.2) is 0 Å². The first-order chi connectivity index (χ1) is 7.50. The highest BCUT2D eigenvalue weighted by molar-refractivity contribution is 9.10. The lowest BCUT2D eigenvalue weighted by molar-refractivity contribution is 0.672. The van der Waals surface area contributed by atoms with Gasteiger partial charge in [-0.3, -0.25) is 4.21 Å². The van der Waals surface area contributed by atoms with Crippen LogP contribution < -0.4 is 11.1 Å². The van der Waals surface area contributed by atoms with Gasteiger partial charge in [0.1, 0.15) is 0 Å². The largest absolute Gasteiger partial charge is 0.397 e. The second-order valence-corrected chi connectivity index (χ2v) is 6.47. The molecule has 0 fully saturated rings. The van der Waals surface area contributed by atoms with Gasteiger partial charge in [0.2, 0.25) is 0 Å². The summed E-state index contributed by atoms with van der Waals surface area (Å²) in [6.45, 7) is 2.77. The SMILES string of the molecule is CC(CCNc1ccc(Br)cc1N)S(C)=O. The number of benzene rings is 1. The lowest BCUT2D eigenvalue weighted by Crippen LogP contribution is -2.15. The monoisotopic (exact) mass is 304 g/mol. The third-order valence-electron chi connectivity index (χ3n) is 2.45. The molecule has 0 aromatic heterocycles. The van der Waals surface area contributed by atoms with Crippen LogP contribution in [-0.2, 0) is 10.8 Å². The molecule has 0 radical (unpaired) electrons. The average Bonchev–Trinajstić information content (AvgIpc) is 2.20. The molecule has 2 unspecified atom stereocenters. The molecule has 3 N–H and O–H groups in total. The molecule has 0 heterocycles.